The van der Waals surface area contributed by atoms with E-state index in [1.54, 1.807) is 12.1 Å². The van der Waals surface area contributed by atoms with E-state index >= 15 is 0 Å². The number of carbonyl (C=O) groups is 1. The molecule has 2 atom stereocenters. The Hall–Kier alpha value is -1.74. The molecule has 0 aliphatic carbocycles. The lowest BCUT2D eigenvalue weighted by Crippen LogP contribution is -2.39. The number of halogens is 1. The predicted molar refractivity (Wildman–Crippen MR) is 83.8 cm³/mol. The van der Waals surface area contributed by atoms with Crippen molar-refractivity contribution in [3.8, 4) is 5.75 Å². The van der Waals surface area contributed by atoms with Crippen LogP contribution in [0.3, 0.4) is 0 Å². The minimum absolute atomic E-state index is 0.143. The quantitative estimate of drug-likeness (QED) is 0.680. The summed E-state index contributed by atoms with van der Waals surface area (Å²) in [4.78, 5) is 12.2. The van der Waals surface area contributed by atoms with Crippen molar-refractivity contribution < 1.29 is 9.90 Å². The number of hydrazine groups is 1. The first-order chi connectivity index (χ1) is 10.5. The summed E-state index contributed by atoms with van der Waals surface area (Å²) in [6.45, 7) is 1.82. The van der Waals surface area contributed by atoms with Crippen LogP contribution >= 0.6 is 22.9 Å². The standard InChI is InChI=1S/C13H14ClN5O2S/c1-6-16-19-13(22-6)15-12(21)10-5-9(17-18-10)8-4-7(14)2-3-11(8)20/h2-4,9-10,17-18,20H,5H2,1H3,(H,15,19,21). The van der Waals surface area contributed by atoms with Crippen molar-refractivity contribution in [3.05, 3.63) is 33.8 Å². The van der Waals surface area contributed by atoms with Gasteiger partial charge in [0.15, 0.2) is 0 Å². The maximum absolute atomic E-state index is 12.2. The van der Waals surface area contributed by atoms with Gasteiger partial charge in [-0.25, -0.2) is 10.9 Å². The normalized spacial score (nSPS) is 21.0. The lowest BCUT2D eigenvalue weighted by Gasteiger charge is -2.12. The first-order valence-electron chi connectivity index (χ1n) is 6.63. The monoisotopic (exact) mass is 339 g/mol. The minimum atomic E-state index is -0.437. The molecule has 3 rings (SSSR count). The van der Waals surface area contributed by atoms with Gasteiger partial charge in [0.05, 0.1) is 6.04 Å². The Kier molecular flexibility index (Phi) is 4.25. The van der Waals surface area contributed by atoms with Gasteiger partial charge in [0.1, 0.15) is 16.8 Å². The molecule has 1 aromatic heterocycles. The number of benzene rings is 1. The topological polar surface area (TPSA) is 99.2 Å². The molecule has 0 bridgehead atoms. The second-order valence-corrected chi connectivity index (χ2v) is 6.57. The number of hydrogen-bond donors (Lipinski definition) is 4. The van der Waals surface area contributed by atoms with Gasteiger partial charge >= 0.3 is 0 Å². The lowest BCUT2D eigenvalue weighted by molar-refractivity contribution is -0.117. The van der Waals surface area contributed by atoms with Crippen LogP contribution in [0.25, 0.3) is 0 Å². The van der Waals surface area contributed by atoms with Crippen molar-refractivity contribution in [1.82, 2.24) is 21.0 Å². The van der Waals surface area contributed by atoms with Gasteiger partial charge in [-0.15, -0.1) is 10.2 Å². The van der Waals surface area contributed by atoms with Crippen molar-refractivity contribution in [2.45, 2.75) is 25.4 Å². The molecule has 1 amide bonds. The molecule has 116 valence electrons. The molecular weight excluding hydrogens is 326 g/mol. The number of amides is 1. The fourth-order valence-corrected chi connectivity index (χ4v) is 3.05. The summed E-state index contributed by atoms with van der Waals surface area (Å²) in [5, 5.41) is 22.1. The van der Waals surface area contributed by atoms with Crippen LogP contribution in [0.4, 0.5) is 5.13 Å². The summed E-state index contributed by atoms with van der Waals surface area (Å²) >= 11 is 7.27. The highest BCUT2D eigenvalue weighted by atomic mass is 35.5. The van der Waals surface area contributed by atoms with E-state index in [0.717, 1.165) is 5.01 Å². The average molecular weight is 340 g/mol. The van der Waals surface area contributed by atoms with Gasteiger partial charge in [-0.3, -0.25) is 10.1 Å². The summed E-state index contributed by atoms with van der Waals surface area (Å²) in [5.41, 5.74) is 6.57. The van der Waals surface area contributed by atoms with Crippen LogP contribution in [0, 0.1) is 6.92 Å². The molecular formula is C13H14ClN5O2S. The number of hydrogen-bond acceptors (Lipinski definition) is 7. The molecule has 9 heteroatoms. The number of carbonyl (C=O) groups excluding carboxylic acids is 1. The van der Waals surface area contributed by atoms with E-state index < -0.39 is 6.04 Å². The number of phenols is 1. The molecule has 1 saturated heterocycles. The molecule has 0 saturated carbocycles. The molecule has 1 aliphatic rings. The number of nitrogens with zero attached hydrogens (tertiary/aromatic N) is 2. The third kappa shape index (κ3) is 3.20. The first kappa shape index (κ1) is 15.2. The Balaban J connectivity index is 1.66. The number of phenolic OH excluding ortho intramolecular Hbond substituents is 1. The number of aryl methyl sites for hydroxylation is 1. The fourth-order valence-electron chi connectivity index (χ4n) is 2.28. The van der Waals surface area contributed by atoms with Crippen LogP contribution in [0.5, 0.6) is 5.75 Å². The minimum Gasteiger partial charge on any atom is -0.508 e. The van der Waals surface area contributed by atoms with Crippen molar-refractivity contribution in [3.63, 3.8) is 0 Å². The molecule has 4 N–H and O–H groups in total. The van der Waals surface area contributed by atoms with E-state index in [9.17, 15) is 9.90 Å². The SMILES string of the molecule is Cc1nnc(NC(=O)C2CC(c3cc(Cl)ccc3O)NN2)s1. The molecule has 22 heavy (non-hydrogen) atoms. The molecule has 1 aromatic carbocycles. The Morgan fingerprint density at radius 2 is 2.27 bits per heavy atom. The Morgan fingerprint density at radius 3 is 3.00 bits per heavy atom. The third-order valence-electron chi connectivity index (χ3n) is 3.34. The highest BCUT2D eigenvalue weighted by Gasteiger charge is 2.32. The Morgan fingerprint density at radius 1 is 1.45 bits per heavy atom. The molecule has 2 unspecified atom stereocenters. The van der Waals surface area contributed by atoms with Crippen molar-refractivity contribution in [1.29, 1.82) is 0 Å². The molecule has 7 nitrogen and oxygen atoms in total. The highest BCUT2D eigenvalue weighted by Crippen LogP contribution is 2.32. The zero-order valence-corrected chi connectivity index (χ0v) is 13.2. The maximum Gasteiger partial charge on any atom is 0.244 e. The number of aromatic hydroxyl groups is 1. The highest BCUT2D eigenvalue weighted by molar-refractivity contribution is 7.15. The van der Waals surface area contributed by atoms with Crippen molar-refractivity contribution in [2.24, 2.45) is 0 Å². The second-order valence-electron chi connectivity index (χ2n) is 4.95. The van der Waals surface area contributed by atoms with Gasteiger partial charge in [-0.1, -0.05) is 22.9 Å². The van der Waals surface area contributed by atoms with Crippen LogP contribution in [0.1, 0.15) is 23.0 Å². The molecule has 1 fully saturated rings. The maximum atomic E-state index is 12.2. The van der Waals surface area contributed by atoms with Crippen LogP contribution in [0.15, 0.2) is 18.2 Å². The van der Waals surface area contributed by atoms with Crippen LogP contribution in [0.2, 0.25) is 5.02 Å². The zero-order valence-electron chi connectivity index (χ0n) is 11.6. The molecule has 2 heterocycles. The smallest absolute Gasteiger partial charge is 0.244 e. The molecule has 0 spiro atoms. The van der Waals surface area contributed by atoms with Crippen molar-refractivity contribution in [2.75, 3.05) is 5.32 Å². The van der Waals surface area contributed by atoms with Crippen LogP contribution < -0.4 is 16.2 Å². The summed E-state index contributed by atoms with van der Waals surface area (Å²) in [6, 6.07) is 4.20. The Labute approximate surface area is 135 Å². The predicted octanol–water partition coefficient (Wildman–Crippen LogP) is 1.75. The van der Waals surface area contributed by atoms with Crippen LogP contribution in [-0.4, -0.2) is 27.3 Å². The zero-order chi connectivity index (χ0) is 15.7. The summed E-state index contributed by atoms with van der Waals surface area (Å²) in [5.74, 6) is -0.0582. The van der Waals surface area contributed by atoms with Gasteiger partial charge in [0.2, 0.25) is 11.0 Å². The average Bonchev–Trinajstić information content (AvgIpc) is 3.11. The summed E-state index contributed by atoms with van der Waals surface area (Å²) in [6.07, 6.45) is 0.484. The fraction of sp³-hybridized carbons (Fsp3) is 0.308. The molecule has 0 radical (unpaired) electrons. The number of anilines is 1. The number of nitrogens with one attached hydrogen (secondary N) is 3. The number of aromatic nitrogens is 2. The largest absolute Gasteiger partial charge is 0.508 e. The summed E-state index contributed by atoms with van der Waals surface area (Å²) in [7, 11) is 0. The first-order valence-corrected chi connectivity index (χ1v) is 7.83. The van der Waals surface area contributed by atoms with Gasteiger partial charge in [-0.05, 0) is 31.5 Å². The van der Waals surface area contributed by atoms with E-state index in [0.29, 0.717) is 22.1 Å². The van der Waals surface area contributed by atoms with Gasteiger partial charge < -0.3 is 5.11 Å². The number of rotatable bonds is 3. The van der Waals surface area contributed by atoms with E-state index in [2.05, 4.69) is 26.4 Å². The van der Waals surface area contributed by atoms with E-state index in [1.807, 2.05) is 6.92 Å². The van der Waals surface area contributed by atoms with E-state index in [1.165, 1.54) is 17.4 Å². The Bertz CT molecular complexity index is 707. The van der Waals surface area contributed by atoms with E-state index in [4.69, 9.17) is 11.6 Å². The molecule has 2 aromatic rings. The van der Waals surface area contributed by atoms with Crippen LogP contribution in [-0.2, 0) is 4.79 Å². The van der Waals surface area contributed by atoms with Crippen molar-refractivity contribution >= 4 is 34.0 Å². The van der Waals surface area contributed by atoms with Gasteiger partial charge in [0.25, 0.3) is 0 Å². The second kappa shape index (κ2) is 6.17. The van der Waals surface area contributed by atoms with Gasteiger partial charge in [-0.2, -0.15) is 0 Å². The summed E-state index contributed by atoms with van der Waals surface area (Å²) < 4.78 is 0. The van der Waals surface area contributed by atoms with Gasteiger partial charge in [0, 0.05) is 10.6 Å². The molecule has 1 aliphatic heterocycles. The lowest BCUT2D eigenvalue weighted by atomic mass is 10.0. The van der Waals surface area contributed by atoms with E-state index in [-0.39, 0.29) is 17.7 Å². The third-order valence-corrected chi connectivity index (χ3v) is 4.33.